The highest BCUT2D eigenvalue weighted by atomic mass is 32.1. The Bertz CT molecular complexity index is 701. The van der Waals surface area contributed by atoms with Gasteiger partial charge in [0.15, 0.2) is 5.76 Å². The molecule has 0 bridgehead atoms. The van der Waals surface area contributed by atoms with Gasteiger partial charge in [0.1, 0.15) is 4.88 Å². The molecule has 2 aromatic heterocycles. The van der Waals surface area contributed by atoms with Crippen LogP contribution in [0, 0.1) is 12.3 Å². The number of aromatic nitrogens is 3. The molecule has 1 amide bonds. The largest absolute Gasteiger partial charge is 0.355 e. The number of piperidine rings is 1. The van der Waals surface area contributed by atoms with E-state index in [0.717, 1.165) is 35.7 Å². The first kappa shape index (κ1) is 16.1. The Morgan fingerprint density at radius 3 is 2.87 bits per heavy atom. The number of hydrogen-bond acceptors (Lipinski definition) is 6. The molecule has 0 unspecified atom stereocenters. The summed E-state index contributed by atoms with van der Waals surface area (Å²) in [6.45, 7) is 9.30. The molecule has 1 aliphatic rings. The molecule has 1 atom stereocenters. The van der Waals surface area contributed by atoms with Crippen LogP contribution in [0.2, 0.25) is 0 Å². The molecule has 124 valence electrons. The first-order chi connectivity index (χ1) is 10.9. The highest BCUT2D eigenvalue weighted by Gasteiger charge is 2.33. The lowest BCUT2D eigenvalue weighted by atomic mass is 9.89. The van der Waals surface area contributed by atoms with Gasteiger partial charge in [0.2, 0.25) is 5.91 Å². The number of nitrogens with zero attached hydrogens (tertiary/aromatic N) is 4. The van der Waals surface area contributed by atoms with Crippen LogP contribution in [0.4, 0.5) is 0 Å². The molecule has 6 nitrogen and oxygen atoms in total. The van der Waals surface area contributed by atoms with Crippen molar-refractivity contribution in [1.29, 1.82) is 0 Å². The van der Waals surface area contributed by atoms with Gasteiger partial charge < -0.3 is 9.42 Å². The van der Waals surface area contributed by atoms with Crippen molar-refractivity contribution in [2.45, 2.75) is 46.5 Å². The Morgan fingerprint density at radius 1 is 1.43 bits per heavy atom. The first-order valence-corrected chi connectivity index (χ1v) is 8.69. The molecule has 0 radical (unpaired) electrons. The van der Waals surface area contributed by atoms with Crippen molar-refractivity contribution in [3.8, 4) is 10.6 Å². The SMILES string of the molecule is Cc1cc(-c2snnc2[C@H]2CCCN(C(=O)C(C)(C)C)C2)on1. The van der Waals surface area contributed by atoms with Gasteiger partial charge in [0, 0.05) is 30.5 Å². The summed E-state index contributed by atoms with van der Waals surface area (Å²) in [6, 6.07) is 1.90. The van der Waals surface area contributed by atoms with Crippen LogP contribution >= 0.6 is 11.5 Å². The zero-order chi connectivity index (χ0) is 16.6. The van der Waals surface area contributed by atoms with Crippen LogP contribution in [0.3, 0.4) is 0 Å². The summed E-state index contributed by atoms with van der Waals surface area (Å²) in [5.41, 5.74) is 1.41. The van der Waals surface area contributed by atoms with E-state index in [1.807, 2.05) is 38.7 Å². The zero-order valence-electron chi connectivity index (χ0n) is 14.0. The summed E-state index contributed by atoms with van der Waals surface area (Å²) >= 11 is 1.33. The van der Waals surface area contributed by atoms with Crippen LogP contribution in [-0.2, 0) is 4.79 Å². The van der Waals surface area contributed by atoms with E-state index in [1.54, 1.807) is 0 Å². The summed E-state index contributed by atoms with van der Waals surface area (Å²) in [4.78, 5) is 15.4. The van der Waals surface area contributed by atoms with Gasteiger partial charge in [0.25, 0.3) is 0 Å². The van der Waals surface area contributed by atoms with E-state index in [0.29, 0.717) is 12.3 Å². The molecule has 0 saturated carbocycles. The number of aryl methyl sites for hydroxylation is 1. The van der Waals surface area contributed by atoms with Crippen LogP contribution in [0.15, 0.2) is 10.6 Å². The average Bonchev–Trinajstić information content (AvgIpc) is 3.14. The molecule has 1 saturated heterocycles. The smallest absolute Gasteiger partial charge is 0.227 e. The number of carbonyl (C=O) groups excluding carboxylic acids is 1. The molecule has 0 aliphatic carbocycles. The summed E-state index contributed by atoms with van der Waals surface area (Å²) in [7, 11) is 0. The lowest BCUT2D eigenvalue weighted by Gasteiger charge is -2.36. The second-order valence-electron chi connectivity index (χ2n) is 7.16. The van der Waals surface area contributed by atoms with Gasteiger partial charge in [-0.3, -0.25) is 4.79 Å². The minimum atomic E-state index is -0.354. The van der Waals surface area contributed by atoms with Crippen LogP contribution in [-0.4, -0.2) is 38.6 Å². The van der Waals surface area contributed by atoms with Gasteiger partial charge >= 0.3 is 0 Å². The third-order valence-corrected chi connectivity index (χ3v) is 4.86. The molecule has 2 aromatic rings. The third kappa shape index (κ3) is 3.29. The Labute approximate surface area is 140 Å². The first-order valence-electron chi connectivity index (χ1n) is 7.91. The van der Waals surface area contributed by atoms with Gasteiger partial charge in [-0.05, 0) is 31.3 Å². The maximum Gasteiger partial charge on any atom is 0.227 e. The Kier molecular flexibility index (Phi) is 4.23. The van der Waals surface area contributed by atoms with E-state index in [4.69, 9.17) is 4.52 Å². The van der Waals surface area contributed by atoms with Crippen LogP contribution in [0.25, 0.3) is 10.6 Å². The molecular formula is C16H22N4O2S. The van der Waals surface area contributed by atoms with Gasteiger partial charge in [-0.2, -0.15) is 0 Å². The van der Waals surface area contributed by atoms with E-state index >= 15 is 0 Å². The lowest BCUT2D eigenvalue weighted by molar-refractivity contribution is -0.140. The molecule has 3 heterocycles. The average molecular weight is 334 g/mol. The molecule has 0 N–H and O–H groups in total. The number of rotatable bonds is 2. The fourth-order valence-electron chi connectivity index (χ4n) is 2.97. The molecule has 0 aromatic carbocycles. The Hall–Kier alpha value is -1.76. The molecule has 23 heavy (non-hydrogen) atoms. The third-order valence-electron chi connectivity index (χ3n) is 4.10. The van der Waals surface area contributed by atoms with Crippen molar-refractivity contribution in [1.82, 2.24) is 19.6 Å². The van der Waals surface area contributed by atoms with E-state index < -0.39 is 0 Å². The maximum absolute atomic E-state index is 12.6. The lowest BCUT2D eigenvalue weighted by Crippen LogP contribution is -2.44. The number of amides is 1. The normalized spacial score (nSPS) is 19.1. The minimum Gasteiger partial charge on any atom is -0.355 e. The summed E-state index contributed by atoms with van der Waals surface area (Å²) in [5, 5.41) is 8.27. The molecular weight excluding hydrogens is 312 g/mol. The predicted molar refractivity (Wildman–Crippen MR) is 88.2 cm³/mol. The van der Waals surface area contributed by atoms with E-state index in [2.05, 4.69) is 14.7 Å². The van der Waals surface area contributed by atoms with Crippen molar-refractivity contribution in [2.24, 2.45) is 5.41 Å². The maximum atomic E-state index is 12.6. The highest BCUT2D eigenvalue weighted by Crippen LogP contribution is 2.36. The second-order valence-corrected chi connectivity index (χ2v) is 7.91. The highest BCUT2D eigenvalue weighted by molar-refractivity contribution is 7.09. The van der Waals surface area contributed by atoms with Crippen molar-refractivity contribution >= 4 is 17.4 Å². The molecule has 7 heteroatoms. The van der Waals surface area contributed by atoms with Gasteiger partial charge in [0.05, 0.1) is 11.4 Å². The Balaban J connectivity index is 1.83. The number of likely N-dealkylation sites (tertiary alicyclic amines) is 1. The van der Waals surface area contributed by atoms with Gasteiger partial charge in [-0.15, -0.1) is 5.10 Å². The molecule has 1 fully saturated rings. The molecule has 3 rings (SSSR count). The van der Waals surface area contributed by atoms with Crippen LogP contribution in [0.5, 0.6) is 0 Å². The number of hydrogen-bond donors (Lipinski definition) is 0. The monoisotopic (exact) mass is 334 g/mol. The van der Waals surface area contributed by atoms with Gasteiger partial charge in [-0.25, -0.2) is 0 Å². The standard InChI is InChI=1S/C16H22N4O2S/c1-10-8-12(22-18-10)14-13(17-19-23-14)11-6-5-7-20(9-11)15(21)16(2,3)4/h8,11H,5-7,9H2,1-4H3/t11-/m0/s1. The second kappa shape index (κ2) is 6.03. The zero-order valence-corrected chi connectivity index (χ0v) is 14.8. The topological polar surface area (TPSA) is 72.1 Å². The summed E-state index contributed by atoms with van der Waals surface area (Å²) in [5.74, 6) is 1.11. The summed E-state index contributed by atoms with van der Waals surface area (Å²) < 4.78 is 9.47. The fourth-order valence-corrected chi connectivity index (χ4v) is 3.66. The van der Waals surface area contributed by atoms with Crippen molar-refractivity contribution in [3.05, 3.63) is 17.5 Å². The minimum absolute atomic E-state index is 0.197. The van der Waals surface area contributed by atoms with Crippen molar-refractivity contribution in [2.75, 3.05) is 13.1 Å². The van der Waals surface area contributed by atoms with E-state index in [9.17, 15) is 4.79 Å². The Morgan fingerprint density at radius 2 is 2.22 bits per heavy atom. The molecule has 0 spiro atoms. The number of carbonyl (C=O) groups is 1. The van der Waals surface area contributed by atoms with E-state index in [1.165, 1.54) is 11.5 Å². The van der Waals surface area contributed by atoms with Crippen molar-refractivity contribution < 1.29 is 9.32 Å². The van der Waals surface area contributed by atoms with Crippen LogP contribution in [0.1, 0.15) is 50.9 Å². The van der Waals surface area contributed by atoms with Gasteiger partial charge in [-0.1, -0.05) is 30.4 Å². The molecule has 1 aliphatic heterocycles. The van der Waals surface area contributed by atoms with Crippen LogP contribution < -0.4 is 0 Å². The summed E-state index contributed by atoms with van der Waals surface area (Å²) in [6.07, 6.45) is 2.00. The van der Waals surface area contributed by atoms with E-state index in [-0.39, 0.29) is 17.2 Å². The quantitative estimate of drug-likeness (QED) is 0.843. The fraction of sp³-hybridized carbons (Fsp3) is 0.625. The predicted octanol–water partition coefficient (Wildman–Crippen LogP) is 3.25. The van der Waals surface area contributed by atoms with Crippen molar-refractivity contribution in [3.63, 3.8) is 0 Å².